The Kier molecular flexibility index (Phi) is 7.57. The standard InChI is InChI=1S/C25H29N3O3S2/c1-19-27-23-13-12-22(16-24(23)32-19)33(30,31)28(17-21-10-6-3-7-11-21)18-25(29)26-15-14-20-8-4-2-5-9-20/h3,6-8,10-13,16H,2,4-5,9,14-15,17-18H2,1H3,(H,26,29). The number of carbonyl (C=O) groups is 1. The summed E-state index contributed by atoms with van der Waals surface area (Å²) in [5.74, 6) is -0.291. The predicted molar refractivity (Wildman–Crippen MR) is 133 cm³/mol. The van der Waals surface area contributed by atoms with E-state index in [1.165, 1.54) is 34.1 Å². The van der Waals surface area contributed by atoms with Gasteiger partial charge in [0.1, 0.15) is 0 Å². The molecule has 8 heteroatoms. The average Bonchev–Trinajstić information content (AvgIpc) is 3.19. The van der Waals surface area contributed by atoms with Crippen molar-refractivity contribution in [2.75, 3.05) is 13.1 Å². The Labute approximate surface area is 199 Å². The number of fused-ring (bicyclic) bond motifs is 1. The van der Waals surface area contributed by atoms with Gasteiger partial charge in [-0.3, -0.25) is 4.79 Å². The molecule has 0 aliphatic heterocycles. The predicted octanol–water partition coefficient (Wildman–Crippen LogP) is 4.80. The second-order valence-corrected chi connectivity index (χ2v) is 11.5. The zero-order valence-electron chi connectivity index (χ0n) is 18.8. The molecule has 1 N–H and O–H groups in total. The molecular weight excluding hydrogens is 454 g/mol. The van der Waals surface area contributed by atoms with Crippen molar-refractivity contribution in [2.24, 2.45) is 0 Å². The minimum Gasteiger partial charge on any atom is -0.355 e. The van der Waals surface area contributed by atoms with Gasteiger partial charge in [-0.25, -0.2) is 13.4 Å². The monoisotopic (exact) mass is 483 g/mol. The molecule has 1 aliphatic carbocycles. The van der Waals surface area contributed by atoms with E-state index < -0.39 is 10.0 Å². The molecule has 1 aromatic heterocycles. The first-order chi connectivity index (χ1) is 15.9. The maximum Gasteiger partial charge on any atom is 0.243 e. The van der Waals surface area contributed by atoms with Crippen LogP contribution in [0.25, 0.3) is 10.2 Å². The largest absolute Gasteiger partial charge is 0.355 e. The van der Waals surface area contributed by atoms with Crippen molar-refractivity contribution in [1.82, 2.24) is 14.6 Å². The topological polar surface area (TPSA) is 79.4 Å². The summed E-state index contributed by atoms with van der Waals surface area (Å²) in [5, 5.41) is 3.79. The molecular formula is C25H29N3O3S2. The number of aromatic nitrogens is 1. The molecule has 0 bridgehead atoms. The van der Waals surface area contributed by atoms with Crippen molar-refractivity contribution in [3.8, 4) is 0 Å². The molecule has 4 rings (SSSR count). The van der Waals surface area contributed by atoms with Crippen LogP contribution in [0.3, 0.4) is 0 Å². The summed E-state index contributed by atoms with van der Waals surface area (Å²) in [6, 6.07) is 14.3. The molecule has 0 spiro atoms. The second-order valence-electron chi connectivity index (χ2n) is 8.33. The van der Waals surface area contributed by atoms with E-state index in [-0.39, 0.29) is 23.9 Å². The lowest BCUT2D eigenvalue weighted by Crippen LogP contribution is -2.40. The Hall–Kier alpha value is -2.55. The van der Waals surface area contributed by atoms with E-state index in [2.05, 4.69) is 16.4 Å². The highest BCUT2D eigenvalue weighted by Gasteiger charge is 2.27. The number of rotatable bonds is 9. The van der Waals surface area contributed by atoms with E-state index in [1.54, 1.807) is 18.2 Å². The number of amides is 1. The molecule has 6 nitrogen and oxygen atoms in total. The lowest BCUT2D eigenvalue weighted by atomic mass is 9.97. The number of benzene rings is 2. The van der Waals surface area contributed by atoms with Gasteiger partial charge in [-0.1, -0.05) is 42.0 Å². The van der Waals surface area contributed by atoms with Gasteiger partial charge < -0.3 is 5.32 Å². The van der Waals surface area contributed by atoms with Crippen LogP contribution >= 0.6 is 11.3 Å². The molecule has 1 amide bonds. The zero-order chi connectivity index (χ0) is 23.3. The Morgan fingerprint density at radius 3 is 2.73 bits per heavy atom. The molecule has 1 heterocycles. The van der Waals surface area contributed by atoms with Crippen molar-refractivity contribution >= 4 is 37.5 Å². The zero-order valence-corrected chi connectivity index (χ0v) is 20.4. The van der Waals surface area contributed by atoms with Gasteiger partial charge in [0.25, 0.3) is 0 Å². The highest BCUT2D eigenvalue weighted by atomic mass is 32.2. The first-order valence-electron chi connectivity index (χ1n) is 11.3. The van der Waals surface area contributed by atoms with Gasteiger partial charge in [-0.2, -0.15) is 4.31 Å². The normalized spacial score (nSPS) is 14.4. The van der Waals surface area contributed by atoms with Gasteiger partial charge in [0, 0.05) is 13.1 Å². The number of hydrogen-bond donors (Lipinski definition) is 1. The molecule has 33 heavy (non-hydrogen) atoms. The molecule has 0 fully saturated rings. The highest BCUT2D eigenvalue weighted by molar-refractivity contribution is 7.89. The minimum atomic E-state index is -3.88. The third-order valence-corrected chi connectivity index (χ3v) is 8.50. The van der Waals surface area contributed by atoms with Gasteiger partial charge in [0.15, 0.2) is 0 Å². The third-order valence-electron chi connectivity index (χ3n) is 5.78. The van der Waals surface area contributed by atoms with Crippen LogP contribution in [-0.2, 0) is 21.4 Å². The van der Waals surface area contributed by atoms with E-state index in [9.17, 15) is 13.2 Å². The SMILES string of the molecule is Cc1nc2ccc(S(=O)(=O)N(CC(=O)NCCC3=CCCCC3)Cc3ccccc3)cc2s1. The molecule has 2 aromatic carbocycles. The smallest absolute Gasteiger partial charge is 0.243 e. The molecule has 1 aliphatic rings. The van der Waals surface area contributed by atoms with Gasteiger partial charge in [-0.15, -0.1) is 11.3 Å². The Morgan fingerprint density at radius 2 is 1.97 bits per heavy atom. The van der Waals surface area contributed by atoms with Crippen LogP contribution in [0.15, 0.2) is 65.1 Å². The molecule has 3 aromatic rings. The summed E-state index contributed by atoms with van der Waals surface area (Å²) in [6.07, 6.45) is 7.71. The van der Waals surface area contributed by atoms with E-state index in [0.29, 0.717) is 6.54 Å². The Morgan fingerprint density at radius 1 is 1.15 bits per heavy atom. The average molecular weight is 484 g/mol. The number of nitrogens with one attached hydrogen (secondary N) is 1. The van der Waals surface area contributed by atoms with E-state index in [0.717, 1.165) is 40.1 Å². The van der Waals surface area contributed by atoms with Crippen LogP contribution in [0.1, 0.15) is 42.7 Å². The fourth-order valence-electron chi connectivity index (χ4n) is 4.05. The first kappa shape index (κ1) is 23.6. The number of nitrogens with zero attached hydrogens (tertiary/aromatic N) is 2. The molecule has 0 saturated heterocycles. The molecule has 0 atom stereocenters. The maximum atomic E-state index is 13.6. The van der Waals surface area contributed by atoms with Crippen LogP contribution in [0.4, 0.5) is 0 Å². The number of thiazole rings is 1. The van der Waals surface area contributed by atoms with Crippen molar-refractivity contribution in [1.29, 1.82) is 0 Å². The minimum absolute atomic E-state index is 0.126. The maximum absolute atomic E-state index is 13.6. The summed E-state index contributed by atoms with van der Waals surface area (Å²) < 4.78 is 29.2. The summed E-state index contributed by atoms with van der Waals surface area (Å²) in [5.41, 5.74) is 2.99. The van der Waals surface area contributed by atoms with Gasteiger partial charge in [-0.05, 0) is 62.8 Å². The van der Waals surface area contributed by atoms with Crippen molar-refractivity contribution in [3.05, 3.63) is 70.8 Å². The quantitative estimate of drug-likeness (QED) is 0.443. The molecule has 0 saturated carbocycles. The third kappa shape index (κ3) is 6.07. The van der Waals surface area contributed by atoms with Crippen molar-refractivity contribution in [3.63, 3.8) is 0 Å². The summed E-state index contributed by atoms with van der Waals surface area (Å²) in [4.78, 5) is 17.3. The van der Waals surface area contributed by atoms with E-state index in [1.807, 2.05) is 37.3 Å². The van der Waals surface area contributed by atoms with Crippen LogP contribution < -0.4 is 5.32 Å². The Bertz CT molecular complexity index is 1250. The van der Waals surface area contributed by atoms with Crippen LogP contribution in [-0.4, -0.2) is 36.7 Å². The van der Waals surface area contributed by atoms with Crippen LogP contribution in [0, 0.1) is 6.92 Å². The number of hydrogen-bond acceptors (Lipinski definition) is 5. The van der Waals surface area contributed by atoms with Crippen LogP contribution in [0.2, 0.25) is 0 Å². The summed E-state index contributed by atoms with van der Waals surface area (Å²) in [6.45, 7) is 2.32. The second kappa shape index (κ2) is 10.6. The van der Waals surface area contributed by atoms with Gasteiger partial charge in [0.05, 0.1) is 26.7 Å². The highest BCUT2D eigenvalue weighted by Crippen LogP contribution is 2.27. The van der Waals surface area contributed by atoms with E-state index >= 15 is 0 Å². The summed E-state index contributed by atoms with van der Waals surface area (Å²) in [7, 11) is -3.88. The summed E-state index contributed by atoms with van der Waals surface area (Å²) >= 11 is 1.46. The number of aryl methyl sites for hydroxylation is 1. The van der Waals surface area contributed by atoms with Gasteiger partial charge >= 0.3 is 0 Å². The van der Waals surface area contributed by atoms with Gasteiger partial charge in [0.2, 0.25) is 15.9 Å². The Balaban J connectivity index is 1.51. The molecule has 0 radical (unpaired) electrons. The molecule has 0 unspecified atom stereocenters. The number of allylic oxidation sites excluding steroid dienone is 1. The van der Waals surface area contributed by atoms with Crippen LogP contribution in [0.5, 0.6) is 0 Å². The molecule has 174 valence electrons. The van der Waals surface area contributed by atoms with Crippen molar-refractivity contribution < 1.29 is 13.2 Å². The number of sulfonamides is 1. The fourth-order valence-corrected chi connectivity index (χ4v) is 6.41. The van der Waals surface area contributed by atoms with Crippen molar-refractivity contribution in [2.45, 2.75) is 50.5 Å². The fraction of sp³-hybridized carbons (Fsp3) is 0.360. The lowest BCUT2D eigenvalue weighted by Gasteiger charge is -2.22. The first-order valence-corrected chi connectivity index (χ1v) is 13.5. The number of carbonyl (C=O) groups excluding carboxylic acids is 1. The van der Waals surface area contributed by atoms with E-state index in [4.69, 9.17) is 0 Å². The lowest BCUT2D eigenvalue weighted by molar-refractivity contribution is -0.121.